The summed E-state index contributed by atoms with van der Waals surface area (Å²) < 4.78 is 11.0. The Morgan fingerprint density at radius 3 is 3.00 bits per heavy atom. The molecule has 3 atom stereocenters. The van der Waals surface area contributed by atoms with Gasteiger partial charge in [-0.25, -0.2) is 4.79 Å². The van der Waals surface area contributed by atoms with Crippen LogP contribution in [0.25, 0.3) is 0 Å². The number of anilines is 1. The Labute approximate surface area is 136 Å². The standard InChI is InChI=1S/C17H24N2O4/c1-17(2,3)23-16(21)18-8-10-4-5-12-11(6-10)15-7-13(19-12)14(20)9-22-15/h4-6,13-15,19-20H,7-9H2,1-3H3,(H,18,21)/t13-,14+,15+/m0/s1. The summed E-state index contributed by atoms with van der Waals surface area (Å²) in [5, 5.41) is 16.0. The van der Waals surface area contributed by atoms with Crippen molar-refractivity contribution in [3.63, 3.8) is 0 Å². The molecule has 1 saturated heterocycles. The van der Waals surface area contributed by atoms with Crippen LogP contribution in [-0.4, -0.2) is 35.6 Å². The molecule has 23 heavy (non-hydrogen) atoms. The molecule has 2 bridgehead atoms. The van der Waals surface area contributed by atoms with E-state index in [9.17, 15) is 9.90 Å². The average molecular weight is 320 g/mol. The first-order valence-corrected chi connectivity index (χ1v) is 7.98. The molecule has 1 fully saturated rings. The number of carbonyl (C=O) groups is 1. The van der Waals surface area contributed by atoms with E-state index in [0.29, 0.717) is 13.2 Å². The number of aliphatic hydroxyl groups excluding tert-OH is 1. The van der Waals surface area contributed by atoms with E-state index in [1.807, 2.05) is 39.0 Å². The third kappa shape index (κ3) is 3.76. The number of rotatable bonds is 2. The molecule has 1 aromatic carbocycles. The summed E-state index contributed by atoms with van der Waals surface area (Å²) in [7, 11) is 0. The van der Waals surface area contributed by atoms with Crippen molar-refractivity contribution in [1.29, 1.82) is 0 Å². The molecular formula is C17H24N2O4. The van der Waals surface area contributed by atoms with Crippen LogP contribution >= 0.6 is 0 Å². The number of benzene rings is 1. The minimum Gasteiger partial charge on any atom is -0.444 e. The summed E-state index contributed by atoms with van der Waals surface area (Å²) in [5.41, 5.74) is 2.56. The van der Waals surface area contributed by atoms with Gasteiger partial charge in [-0.05, 0) is 38.5 Å². The van der Waals surface area contributed by atoms with Gasteiger partial charge in [-0.1, -0.05) is 6.07 Å². The molecule has 0 radical (unpaired) electrons. The van der Waals surface area contributed by atoms with Crippen molar-refractivity contribution in [1.82, 2.24) is 5.32 Å². The Morgan fingerprint density at radius 1 is 1.48 bits per heavy atom. The van der Waals surface area contributed by atoms with E-state index in [2.05, 4.69) is 10.6 Å². The number of fused-ring (bicyclic) bond motifs is 4. The van der Waals surface area contributed by atoms with Crippen molar-refractivity contribution in [2.75, 3.05) is 11.9 Å². The van der Waals surface area contributed by atoms with E-state index in [1.54, 1.807) is 0 Å². The maximum absolute atomic E-state index is 11.7. The van der Waals surface area contributed by atoms with Crippen LogP contribution in [0.15, 0.2) is 18.2 Å². The molecule has 2 aliphatic rings. The number of carbonyl (C=O) groups excluding carboxylic acids is 1. The summed E-state index contributed by atoms with van der Waals surface area (Å²) >= 11 is 0. The van der Waals surface area contributed by atoms with E-state index in [1.165, 1.54) is 0 Å². The van der Waals surface area contributed by atoms with Gasteiger partial charge in [0.25, 0.3) is 0 Å². The lowest BCUT2D eigenvalue weighted by Gasteiger charge is -2.40. The first kappa shape index (κ1) is 16.1. The normalized spacial score (nSPS) is 26.0. The van der Waals surface area contributed by atoms with Gasteiger partial charge in [-0.3, -0.25) is 0 Å². The fraction of sp³-hybridized carbons (Fsp3) is 0.588. The smallest absolute Gasteiger partial charge is 0.407 e. The van der Waals surface area contributed by atoms with Crippen LogP contribution in [-0.2, 0) is 16.0 Å². The molecule has 0 spiro atoms. The zero-order chi connectivity index (χ0) is 16.6. The average Bonchev–Trinajstić information content (AvgIpc) is 2.47. The molecule has 0 saturated carbocycles. The molecule has 126 valence electrons. The SMILES string of the molecule is CC(C)(C)OC(=O)NCc1ccc2c(c1)[C@H]1C[C@H](N2)[C@H](O)CO1. The molecule has 3 rings (SSSR count). The van der Waals surface area contributed by atoms with E-state index in [4.69, 9.17) is 9.47 Å². The summed E-state index contributed by atoms with van der Waals surface area (Å²) in [5.74, 6) is 0. The predicted octanol–water partition coefficient (Wildman–Crippen LogP) is 2.33. The van der Waals surface area contributed by atoms with Gasteiger partial charge >= 0.3 is 6.09 Å². The molecule has 0 unspecified atom stereocenters. The van der Waals surface area contributed by atoms with Crippen LogP contribution in [0, 0.1) is 0 Å². The van der Waals surface area contributed by atoms with Gasteiger partial charge < -0.3 is 25.2 Å². The number of alkyl carbamates (subject to hydrolysis) is 1. The van der Waals surface area contributed by atoms with Gasteiger partial charge in [0.2, 0.25) is 0 Å². The topological polar surface area (TPSA) is 79.8 Å². The van der Waals surface area contributed by atoms with Crippen LogP contribution in [0.4, 0.5) is 10.5 Å². The lowest BCUT2D eigenvalue weighted by atomic mass is 9.89. The lowest BCUT2D eigenvalue weighted by molar-refractivity contribution is -0.0672. The van der Waals surface area contributed by atoms with Gasteiger partial charge in [-0.2, -0.15) is 0 Å². The monoisotopic (exact) mass is 320 g/mol. The zero-order valence-corrected chi connectivity index (χ0v) is 13.8. The second-order valence-electron chi connectivity index (χ2n) is 7.15. The molecular weight excluding hydrogens is 296 g/mol. The van der Waals surface area contributed by atoms with Crippen molar-refractivity contribution < 1.29 is 19.4 Å². The molecule has 2 heterocycles. The van der Waals surface area contributed by atoms with Gasteiger partial charge in [0.05, 0.1) is 24.9 Å². The van der Waals surface area contributed by atoms with Gasteiger partial charge in [0.15, 0.2) is 0 Å². The number of amides is 1. The highest BCUT2D eigenvalue weighted by molar-refractivity contribution is 5.67. The molecule has 0 aliphatic carbocycles. The number of nitrogens with one attached hydrogen (secondary N) is 2. The third-order valence-electron chi connectivity index (χ3n) is 4.04. The Bertz CT molecular complexity index is 597. The minimum atomic E-state index is -0.504. The van der Waals surface area contributed by atoms with Crippen LogP contribution in [0.2, 0.25) is 0 Å². The maximum atomic E-state index is 11.7. The Balaban J connectivity index is 1.66. The van der Waals surface area contributed by atoms with Crippen LogP contribution in [0.5, 0.6) is 0 Å². The van der Waals surface area contributed by atoms with Crippen molar-refractivity contribution >= 4 is 11.8 Å². The molecule has 1 amide bonds. The van der Waals surface area contributed by atoms with E-state index >= 15 is 0 Å². The van der Waals surface area contributed by atoms with Crippen LogP contribution in [0.1, 0.15) is 44.4 Å². The number of aliphatic hydroxyl groups is 1. The van der Waals surface area contributed by atoms with E-state index < -0.39 is 17.8 Å². The first-order chi connectivity index (χ1) is 10.8. The molecule has 6 nitrogen and oxygen atoms in total. The van der Waals surface area contributed by atoms with Gasteiger partial charge in [0.1, 0.15) is 5.60 Å². The Kier molecular flexibility index (Phi) is 4.21. The number of ether oxygens (including phenoxy) is 2. The highest BCUT2D eigenvalue weighted by Crippen LogP contribution is 2.39. The van der Waals surface area contributed by atoms with Crippen molar-refractivity contribution in [3.05, 3.63) is 29.3 Å². The Morgan fingerprint density at radius 2 is 2.26 bits per heavy atom. The summed E-state index contributed by atoms with van der Waals surface area (Å²) in [6, 6.07) is 6.02. The minimum absolute atomic E-state index is 0.00104. The molecule has 2 aliphatic heterocycles. The zero-order valence-electron chi connectivity index (χ0n) is 13.8. The molecule has 6 heteroatoms. The second kappa shape index (κ2) is 6.02. The summed E-state index contributed by atoms with van der Waals surface area (Å²) in [6.07, 6.45) is -0.128. The second-order valence-corrected chi connectivity index (χ2v) is 7.15. The van der Waals surface area contributed by atoms with E-state index in [-0.39, 0.29) is 12.1 Å². The highest BCUT2D eigenvalue weighted by atomic mass is 16.6. The van der Waals surface area contributed by atoms with Crippen molar-refractivity contribution in [2.45, 2.75) is 57.6 Å². The lowest BCUT2D eigenvalue weighted by Crippen LogP contribution is -2.46. The fourth-order valence-electron chi connectivity index (χ4n) is 2.97. The van der Waals surface area contributed by atoms with Crippen molar-refractivity contribution in [3.8, 4) is 0 Å². The summed E-state index contributed by atoms with van der Waals surface area (Å²) in [4.78, 5) is 11.7. The third-order valence-corrected chi connectivity index (χ3v) is 4.04. The summed E-state index contributed by atoms with van der Waals surface area (Å²) in [6.45, 7) is 6.26. The highest BCUT2D eigenvalue weighted by Gasteiger charge is 2.36. The molecule has 0 aromatic heterocycles. The van der Waals surface area contributed by atoms with Crippen LogP contribution < -0.4 is 10.6 Å². The fourth-order valence-corrected chi connectivity index (χ4v) is 2.97. The molecule has 1 aromatic rings. The first-order valence-electron chi connectivity index (χ1n) is 7.98. The predicted molar refractivity (Wildman–Crippen MR) is 86.2 cm³/mol. The van der Waals surface area contributed by atoms with Gasteiger partial charge in [-0.15, -0.1) is 0 Å². The Hall–Kier alpha value is -1.79. The molecule has 3 N–H and O–H groups in total. The maximum Gasteiger partial charge on any atom is 0.407 e. The van der Waals surface area contributed by atoms with Crippen molar-refractivity contribution in [2.24, 2.45) is 0 Å². The quantitative estimate of drug-likeness (QED) is 0.779. The van der Waals surface area contributed by atoms with Crippen LogP contribution in [0.3, 0.4) is 0 Å². The largest absolute Gasteiger partial charge is 0.444 e. The van der Waals surface area contributed by atoms with Gasteiger partial charge in [0, 0.05) is 24.2 Å². The van der Waals surface area contributed by atoms with E-state index in [0.717, 1.165) is 23.2 Å². The number of hydrogen-bond acceptors (Lipinski definition) is 5. The number of hydrogen-bond donors (Lipinski definition) is 3.